The van der Waals surface area contributed by atoms with Gasteiger partial charge in [-0.2, -0.15) is 4.98 Å². The van der Waals surface area contributed by atoms with Gasteiger partial charge in [0.25, 0.3) is 5.89 Å². The van der Waals surface area contributed by atoms with E-state index in [0.29, 0.717) is 17.5 Å². The number of phenolic OH excluding ortho intramolecular Hbond substituents is 1. The second-order valence-electron chi connectivity index (χ2n) is 4.97. The maximum Gasteiger partial charge on any atom is 0.258 e. The van der Waals surface area contributed by atoms with Gasteiger partial charge in [0, 0.05) is 10.3 Å². The van der Waals surface area contributed by atoms with Crippen molar-refractivity contribution < 1.29 is 9.63 Å². The summed E-state index contributed by atoms with van der Waals surface area (Å²) in [7, 11) is 0. The molecule has 4 nitrogen and oxygen atoms in total. The number of rotatable bonds is 3. The highest BCUT2D eigenvalue weighted by Crippen LogP contribution is 2.27. The van der Waals surface area contributed by atoms with E-state index in [1.54, 1.807) is 30.0 Å². The maximum atomic E-state index is 9.40. The smallest absolute Gasteiger partial charge is 0.258 e. The third-order valence-corrected chi connectivity index (χ3v) is 3.46. The van der Waals surface area contributed by atoms with E-state index < -0.39 is 0 Å². The van der Waals surface area contributed by atoms with Crippen LogP contribution in [0.2, 0.25) is 0 Å². The van der Waals surface area contributed by atoms with E-state index in [9.17, 15) is 5.11 Å². The zero-order valence-corrected chi connectivity index (χ0v) is 11.5. The number of hydrogen-bond donors (Lipinski definition) is 1. The maximum absolute atomic E-state index is 9.40. The monoisotopic (exact) mass is 264 g/mol. The van der Waals surface area contributed by atoms with Crippen molar-refractivity contribution >= 4 is 11.8 Å². The molecule has 1 aromatic carbocycles. The van der Waals surface area contributed by atoms with Gasteiger partial charge in [-0.25, -0.2) is 0 Å². The van der Waals surface area contributed by atoms with Crippen molar-refractivity contribution in [1.82, 2.24) is 10.1 Å². The topological polar surface area (TPSA) is 59.2 Å². The van der Waals surface area contributed by atoms with Gasteiger partial charge < -0.3 is 9.63 Å². The Morgan fingerprint density at radius 2 is 2.11 bits per heavy atom. The highest BCUT2D eigenvalue weighted by molar-refractivity contribution is 7.99. The molecule has 0 saturated carbocycles. The van der Waals surface area contributed by atoms with Gasteiger partial charge in [0.1, 0.15) is 5.75 Å². The molecule has 2 rings (SSSR count). The van der Waals surface area contributed by atoms with Crippen LogP contribution in [-0.2, 0) is 5.75 Å². The van der Waals surface area contributed by atoms with E-state index in [1.807, 2.05) is 6.07 Å². The highest BCUT2D eigenvalue weighted by Gasteiger charge is 2.14. The Labute approximate surface area is 110 Å². The summed E-state index contributed by atoms with van der Waals surface area (Å²) in [6.45, 7) is 6.44. The molecule has 0 amide bonds. The second kappa shape index (κ2) is 5.02. The van der Waals surface area contributed by atoms with Gasteiger partial charge in [-0.05, 0) is 18.2 Å². The quantitative estimate of drug-likeness (QED) is 0.919. The fourth-order valence-electron chi connectivity index (χ4n) is 1.35. The Kier molecular flexibility index (Phi) is 3.61. The van der Waals surface area contributed by atoms with Crippen LogP contribution in [0.25, 0.3) is 11.5 Å². The van der Waals surface area contributed by atoms with E-state index >= 15 is 0 Å². The molecule has 0 spiro atoms. The molecule has 0 radical (unpaired) electrons. The first-order chi connectivity index (χ1) is 8.44. The summed E-state index contributed by atoms with van der Waals surface area (Å²) < 4.78 is 5.36. The van der Waals surface area contributed by atoms with Crippen molar-refractivity contribution in [3.63, 3.8) is 0 Å². The van der Waals surface area contributed by atoms with Gasteiger partial charge in [-0.3, -0.25) is 0 Å². The Morgan fingerprint density at radius 3 is 2.78 bits per heavy atom. The Morgan fingerprint density at radius 1 is 1.33 bits per heavy atom. The molecular weight excluding hydrogens is 248 g/mol. The van der Waals surface area contributed by atoms with Gasteiger partial charge >= 0.3 is 0 Å². The van der Waals surface area contributed by atoms with Crippen LogP contribution >= 0.6 is 11.8 Å². The minimum atomic E-state index is 0.172. The lowest BCUT2D eigenvalue weighted by Crippen LogP contribution is -2.07. The molecule has 2 aromatic rings. The lowest BCUT2D eigenvalue weighted by molar-refractivity contribution is 0.424. The van der Waals surface area contributed by atoms with Crippen LogP contribution in [0.3, 0.4) is 0 Å². The molecule has 0 bridgehead atoms. The number of nitrogens with zero attached hydrogens (tertiary/aromatic N) is 2. The Balaban J connectivity index is 2.11. The molecule has 5 heteroatoms. The molecule has 0 unspecified atom stereocenters. The molecule has 0 saturated heterocycles. The Hall–Kier alpha value is -1.49. The van der Waals surface area contributed by atoms with Crippen LogP contribution < -0.4 is 0 Å². The van der Waals surface area contributed by atoms with Crippen molar-refractivity contribution in [1.29, 1.82) is 0 Å². The number of aromatic hydroxyl groups is 1. The molecule has 96 valence electrons. The third kappa shape index (κ3) is 3.50. The summed E-state index contributed by atoms with van der Waals surface area (Å²) in [5.74, 6) is 2.02. The SMILES string of the molecule is CC(C)(C)SCc1noc(-c2cccc(O)c2)n1. The first-order valence-corrected chi connectivity index (χ1v) is 6.68. The molecule has 1 aromatic heterocycles. The molecule has 0 aliphatic rings. The van der Waals surface area contributed by atoms with Crippen LogP contribution in [0, 0.1) is 0 Å². The molecule has 0 atom stereocenters. The lowest BCUT2D eigenvalue weighted by atomic mass is 10.2. The average molecular weight is 264 g/mol. The summed E-state index contributed by atoms with van der Waals surface area (Å²) in [5, 5.41) is 13.3. The third-order valence-electron chi connectivity index (χ3n) is 2.20. The van der Waals surface area contributed by atoms with E-state index in [1.165, 1.54) is 0 Å². The van der Waals surface area contributed by atoms with Crippen LogP contribution in [0.15, 0.2) is 28.8 Å². The summed E-state index contributed by atoms with van der Waals surface area (Å²) in [6, 6.07) is 6.79. The van der Waals surface area contributed by atoms with Crippen molar-refractivity contribution in [2.45, 2.75) is 31.3 Å². The van der Waals surface area contributed by atoms with Gasteiger partial charge in [0.15, 0.2) is 5.82 Å². The van der Waals surface area contributed by atoms with Gasteiger partial charge in [-0.15, -0.1) is 11.8 Å². The normalized spacial score (nSPS) is 11.7. The molecular formula is C13H16N2O2S. The minimum absolute atomic E-state index is 0.172. The molecule has 0 aliphatic carbocycles. The first-order valence-electron chi connectivity index (χ1n) is 5.70. The zero-order chi connectivity index (χ0) is 13.2. The average Bonchev–Trinajstić information content (AvgIpc) is 2.74. The predicted molar refractivity (Wildman–Crippen MR) is 72.4 cm³/mol. The largest absolute Gasteiger partial charge is 0.508 e. The number of aromatic nitrogens is 2. The number of thioether (sulfide) groups is 1. The van der Waals surface area contributed by atoms with Crippen LogP contribution in [-0.4, -0.2) is 20.0 Å². The van der Waals surface area contributed by atoms with Crippen molar-refractivity contribution in [2.24, 2.45) is 0 Å². The summed E-state index contributed by atoms with van der Waals surface area (Å²) in [4.78, 5) is 4.31. The zero-order valence-electron chi connectivity index (χ0n) is 10.7. The van der Waals surface area contributed by atoms with Gasteiger partial charge in [-0.1, -0.05) is 32.0 Å². The van der Waals surface area contributed by atoms with E-state index in [2.05, 4.69) is 30.9 Å². The molecule has 0 fully saturated rings. The standard InChI is InChI=1S/C13H16N2O2S/c1-13(2,3)18-8-11-14-12(17-15-11)9-5-4-6-10(16)7-9/h4-7,16H,8H2,1-3H3. The highest BCUT2D eigenvalue weighted by atomic mass is 32.2. The molecule has 1 N–H and O–H groups in total. The number of benzene rings is 1. The first kappa shape index (κ1) is 13.0. The summed E-state index contributed by atoms with van der Waals surface area (Å²) in [5.41, 5.74) is 0.731. The van der Waals surface area contributed by atoms with Gasteiger partial charge in [0.05, 0.1) is 5.75 Å². The van der Waals surface area contributed by atoms with Crippen LogP contribution in [0.4, 0.5) is 0 Å². The minimum Gasteiger partial charge on any atom is -0.508 e. The number of phenols is 1. The second-order valence-corrected chi connectivity index (χ2v) is 6.77. The van der Waals surface area contributed by atoms with Gasteiger partial charge in [0.2, 0.25) is 0 Å². The fraction of sp³-hybridized carbons (Fsp3) is 0.385. The lowest BCUT2D eigenvalue weighted by Gasteiger charge is -2.15. The predicted octanol–water partition coefficient (Wildman–Crippen LogP) is 3.47. The number of hydrogen-bond acceptors (Lipinski definition) is 5. The Bertz CT molecular complexity index is 532. The van der Waals surface area contributed by atoms with E-state index in [4.69, 9.17) is 4.52 Å². The van der Waals surface area contributed by atoms with Crippen molar-refractivity contribution in [3.8, 4) is 17.2 Å². The van der Waals surface area contributed by atoms with Crippen molar-refractivity contribution in [3.05, 3.63) is 30.1 Å². The van der Waals surface area contributed by atoms with Crippen LogP contribution in [0.1, 0.15) is 26.6 Å². The van der Waals surface area contributed by atoms with E-state index in [-0.39, 0.29) is 10.5 Å². The molecule has 1 heterocycles. The van der Waals surface area contributed by atoms with E-state index in [0.717, 1.165) is 5.56 Å². The van der Waals surface area contributed by atoms with Crippen molar-refractivity contribution in [2.75, 3.05) is 0 Å². The summed E-state index contributed by atoms with van der Waals surface area (Å²) >= 11 is 1.76. The molecule has 18 heavy (non-hydrogen) atoms. The fourth-order valence-corrected chi connectivity index (χ4v) is 2.03. The van der Waals surface area contributed by atoms with Crippen LogP contribution in [0.5, 0.6) is 5.75 Å². The summed E-state index contributed by atoms with van der Waals surface area (Å²) in [6.07, 6.45) is 0. The molecule has 0 aliphatic heterocycles.